The van der Waals surface area contributed by atoms with Gasteiger partial charge in [-0.3, -0.25) is 9.36 Å². The van der Waals surface area contributed by atoms with Gasteiger partial charge in [0.1, 0.15) is 11.4 Å². The quantitative estimate of drug-likeness (QED) is 0.420. The number of aromatic nitrogens is 3. The minimum atomic E-state index is -0.0914. The van der Waals surface area contributed by atoms with E-state index in [-0.39, 0.29) is 12.1 Å². The van der Waals surface area contributed by atoms with Gasteiger partial charge in [0.2, 0.25) is 5.89 Å². The molecule has 6 heteroatoms. The van der Waals surface area contributed by atoms with Crippen molar-refractivity contribution in [2.45, 2.75) is 13.5 Å². The first kappa shape index (κ1) is 17.6. The van der Waals surface area contributed by atoms with E-state index in [2.05, 4.69) is 9.97 Å². The van der Waals surface area contributed by atoms with E-state index in [0.717, 1.165) is 21.5 Å². The predicted octanol–water partition coefficient (Wildman–Crippen LogP) is 5.14. The molecule has 0 aliphatic rings. The van der Waals surface area contributed by atoms with Crippen molar-refractivity contribution in [3.05, 3.63) is 94.3 Å². The molecule has 5 rings (SSSR count). The summed E-state index contributed by atoms with van der Waals surface area (Å²) >= 11 is 1.48. The van der Waals surface area contributed by atoms with Gasteiger partial charge in [-0.25, -0.2) is 9.97 Å². The standard InChI is InChI=1S/C23H17N3O2S/c1-15-7-9-16(10-8-15)18-13-29-22-21(18)23(27)26(14-25-22)12-20-24-11-19(28-20)17-5-3-2-4-6-17/h2-11,13-14H,12H2,1H3. The Morgan fingerprint density at radius 1 is 1.00 bits per heavy atom. The van der Waals surface area contributed by atoms with Crippen molar-refractivity contribution in [3.8, 4) is 22.5 Å². The van der Waals surface area contributed by atoms with Crippen LogP contribution in [0.3, 0.4) is 0 Å². The van der Waals surface area contributed by atoms with Gasteiger partial charge >= 0.3 is 0 Å². The Kier molecular flexibility index (Phi) is 4.33. The molecule has 0 aliphatic carbocycles. The molecule has 5 nitrogen and oxygen atoms in total. The van der Waals surface area contributed by atoms with Crippen LogP contribution in [-0.2, 0) is 6.54 Å². The number of hydrogen-bond donors (Lipinski definition) is 0. The van der Waals surface area contributed by atoms with E-state index < -0.39 is 0 Å². The molecule has 5 aromatic rings. The van der Waals surface area contributed by atoms with Crippen LogP contribution < -0.4 is 5.56 Å². The normalized spacial score (nSPS) is 11.2. The summed E-state index contributed by atoms with van der Waals surface area (Å²) in [4.78, 5) is 22.7. The van der Waals surface area contributed by atoms with Gasteiger partial charge in [-0.2, -0.15) is 0 Å². The van der Waals surface area contributed by atoms with Gasteiger partial charge in [0.15, 0.2) is 5.76 Å². The summed E-state index contributed by atoms with van der Waals surface area (Å²) in [6.07, 6.45) is 3.25. The number of rotatable bonds is 4. The maximum atomic E-state index is 13.2. The van der Waals surface area contributed by atoms with Crippen LogP contribution >= 0.6 is 11.3 Å². The molecule has 0 saturated heterocycles. The van der Waals surface area contributed by atoms with Gasteiger partial charge in [-0.1, -0.05) is 60.2 Å². The van der Waals surface area contributed by atoms with Gasteiger partial charge in [-0.05, 0) is 12.5 Å². The molecule has 0 radical (unpaired) electrons. The van der Waals surface area contributed by atoms with E-state index in [0.29, 0.717) is 17.0 Å². The Bertz CT molecular complexity index is 1350. The summed E-state index contributed by atoms with van der Waals surface area (Å²) < 4.78 is 7.40. The van der Waals surface area contributed by atoms with Gasteiger partial charge in [0, 0.05) is 16.5 Å². The van der Waals surface area contributed by atoms with Crippen LogP contribution in [-0.4, -0.2) is 14.5 Å². The van der Waals surface area contributed by atoms with E-state index in [1.807, 2.05) is 66.9 Å². The first-order chi connectivity index (χ1) is 14.2. The molecule has 0 amide bonds. The summed E-state index contributed by atoms with van der Waals surface area (Å²) in [5.41, 5.74) is 3.97. The minimum Gasteiger partial charge on any atom is -0.439 e. The molecule has 0 aliphatic heterocycles. The second-order valence-electron chi connectivity index (χ2n) is 6.86. The molecular weight excluding hydrogens is 382 g/mol. The van der Waals surface area contributed by atoms with E-state index in [9.17, 15) is 4.79 Å². The van der Waals surface area contributed by atoms with Crippen molar-refractivity contribution in [2.75, 3.05) is 0 Å². The number of nitrogens with zero attached hydrogens (tertiary/aromatic N) is 3. The Morgan fingerprint density at radius 2 is 1.79 bits per heavy atom. The monoisotopic (exact) mass is 399 g/mol. The summed E-state index contributed by atoms with van der Waals surface area (Å²) in [5, 5.41) is 2.63. The maximum absolute atomic E-state index is 13.2. The zero-order chi connectivity index (χ0) is 19.8. The summed E-state index contributed by atoms with van der Waals surface area (Å²) in [6, 6.07) is 17.9. The maximum Gasteiger partial charge on any atom is 0.263 e. The Hall–Kier alpha value is -3.51. The highest BCUT2D eigenvalue weighted by Gasteiger charge is 2.15. The van der Waals surface area contributed by atoms with E-state index >= 15 is 0 Å². The van der Waals surface area contributed by atoms with Crippen LogP contribution in [0.5, 0.6) is 0 Å². The largest absolute Gasteiger partial charge is 0.439 e. The van der Waals surface area contributed by atoms with E-state index in [4.69, 9.17) is 4.42 Å². The van der Waals surface area contributed by atoms with Crippen molar-refractivity contribution in [1.29, 1.82) is 0 Å². The van der Waals surface area contributed by atoms with Crippen molar-refractivity contribution in [1.82, 2.24) is 14.5 Å². The van der Waals surface area contributed by atoms with Crippen LogP contribution in [0.1, 0.15) is 11.5 Å². The highest BCUT2D eigenvalue weighted by atomic mass is 32.1. The van der Waals surface area contributed by atoms with Crippen molar-refractivity contribution in [3.63, 3.8) is 0 Å². The van der Waals surface area contributed by atoms with Crippen molar-refractivity contribution in [2.24, 2.45) is 0 Å². The Balaban J connectivity index is 1.52. The average Bonchev–Trinajstić information content (AvgIpc) is 3.39. The molecule has 3 heterocycles. The molecule has 0 spiro atoms. The molecule has 0 N–H and O–H groups in total. The molecule has 3 aromatic heterocycles. The van der Waals surface area contributed by atoms with Gasteiger partial charge < -0.3 is 4.42 Å². The van der Waals surface area contributed by atoms with Crippen LogP contribution in [0.15, 0.2) is 81.7 Å². The second kappa shape index (κ2) is 7.14. The fraction of sp³-hybridized carbons (Fsp3) is 0.0870. The smallest absolute Gasteiger partial charge is 0.263 e. The molecule has 0 fully saturated rings. The number of aryl methyl sites for hydroxylation is 1. The molecule has 142 valence electrons. The molecule has 2 aromatic carbocycles. The molecular formula is C23H17N3O2S. The lowest BCUT2D eigenvalue weighted by molar-refractivity contribution is 0.484. The third-order valence-corrected chi connectivity index (χ3v) is 5.73. The van der Waals surface area contributed by atoms with E-state index in [1.54, 1.807) is 17.1 Å². The molecule has 0 unspecified atom stereocenters. The van der Waals surface area contributed by atoms with Gasteiger partial charge in [0.05, 0.1) is 17.9 Å². The topological polar surface area (TPSA) is 60.9 Å². The Labute approximate surface area is 170 Å². The average molecular weight is 399 g/mol. The van der Waals surface area contributed by atoms with Gasteiger partial charge in [0.25, 0.3) is 5.56 Å². The van der Waals surface area contributed by atoms with Crippen molar-refractivity contribution >= 4 is 21.6 Å². The molecule has 0 bridgehead atoms. The third-order valence-electron chi connectivity index (χ3n) is 4.84. The fourth-order valence-corrected chi connectivity index (χ4v) is 4.20. The molecule has 0 atom stereocenters. The molecule has 0 saturated carbocycles. The number of thiophene rings is 1. The molecule has 29 heavy (non-hydrogen) atoms. The fourth-order valence-electron chi connectivity index (χ4n) is 3.29. The number of oxazole rings is 1. The lowest BCUT2D eigenvalue weighted by atomic mass is 10.1. The van der Waals surface area contributed by atoms with Crippen molar-refractivity contribution < 1.29 is 4.42 Å². The summed E-state index contributed by atoms with van der Waals surface area (Å²) in [7, 11) is 0. The summed E-state index contributed by atoms with van der Waals surface area (Å²) in [6.45, 7) is 2.28. The lowest BCUT2D eigenvalue weighted by Crippen LogP contribution is -2.21. The minimum absolute atomic E-state index is 0.0914. The first-order valence-corrected chi connectivity index (χ1v) is 10.1. The SMILES string of the molecule is Cc1ccc(-c2csc3ncn(Cc4ncc(-c5ccccc5)o4)c(=O)c23)cc1. The highest BCUT2D eigenvalue weighted by molar-refractivity contribution is 7.17. The zero-order valence-electron chi connectivity index (χ0n) is 15.7. The summed E-state index contributed by atoms with van der Waals surface area (Å²) in [5.74, 6) is 1.15. The highest BCUT2D eigenvalue weighted by Crippen LogP contribution is 2.30. The third kappa shape index (κ3) is 3.28. The van der Waals surface area contributed by atoms with Crippen LogP contribution in [0.2, 0.25) is 0 Å². The van der Waals surface area contributed by atoms with Crippen LogP contribution in [0, 0.1) is 6.92 Å². The van der Waals surface area contributed by atoms with E-state index in [1.165, 1.54) is 16.9 Å². The van der Waals surface area contributed by atoms with Crippen LogP contribution in [0.4, 0.5) is 0 Å². The Morgan fingerprint density at radius 3 is 2.59 bits per heavy atom. The first-order valence-electron chi connectivity index (χ1n) is 9.23. The van der Waals surface area contributed by atoms with Gasteiger partial charge in [-0.15, -0.1) is 11.3 Å². The second-order valence-corrected chi connectivity index (χ2v) is 7.72. The zero-order valence-corrected chi connectivity index (χ0v) is 16.5. The number of benzene rings is 2. The lowest BCUT2D eigenvalue weighted by Gasteiger charge is -2.04. The predicted molar refractivity (Wildman–Crippen MR) is 115 cm³/mol. The van der Waals surface area contributed by atoms with Crippen LogP contribution in [0.25, 0.3) is 32.7 Å². The number of fused-ring (bicyclic) bond motifs is 1. The number of hydrogen-bond acceptors (Lipinski definition) is 5.